The molecule has 4 rings (SSSR count). The summed E-state index contributed by atoms with van der Waals surface area (Å²) in [5.41, 5.74) is 1.37. The van der Waals surface area contributed by atoms with Crippen LogP contribution in [0.15, 0.2) is 18.2 Å². The van der Waals surface area contributed by atoms with Crippen LogP contribution in [0.3, 0.4) is 0 Å². The molecule has 102 valence electrons. The van der Waals surface area contributed by atoms with E-state index in [4.69, 9.17) is 9.47 Å². The van der Waals surface area contributed by atoms with Crippen molar-refractivity contribution in [1.82, 2.24) is 5.32 Å². The van der Waals surface area contributed by atoms with Gasteiger partial charge >= 0.3 is 0 Å². The summed E-state index contributed by atoms with van der Waals surface area (Å²) in [6.07, 6.45) is 6.71. The van der Waals surface area contributed by atoms with Crippen LogP contribution in [0.2, 0.25) is 0 Å². The maximum atomic E-state index is 5.44. The van der Waals surface area contributed by atoms with Crippen LogP contribution in [0.1, 0.15) is 31.2 Å². The van der Waals surface area contributed by atoms with Crippen molar-refractivity contribution in [3.8, 4) is 11.5 Å². The molecule has 0 radical (unpaired) electrons. The quantitative estimate of drug-likeness (QED) is 0.905. The fraction of sp³-hybridized carbons (Fsp3) is 0.625. The molecule has 19 heavy (non-hydrogen) atoms. The minimum atomic E-state index is 0.368. The first-order valence-corrected chi connectivity index (χ1v) is 7.52. The molecule has 1 saturated heterocycles. The number of aryl methyl sites for hydroxylation is 1. The van der Waals surface area contributed by atoms with Gasteiger partial charge in [0, 0.05) is 6.04 Å². The Morgan fingerprint density at radius 2 is 2.11 bits per heavy atom. The first-order chi connectivity index (χ1) is 9.40. The van der Waals surface area contributed by atoms with Gasteiger partial charge < -0.3 is 14.8 Å². The lowest BCUT2D eigenvalue weighted by atomic mass is 9.90. The van der Waals surface area contributed by atoms with E-state index in [2.05, 4.69) is 17.4 Å². The largest absolute Gasteiger partial charge is 0.454 e. The molecule has 2 aliphatic heterocycles. The van der Waals surface area contributed by atoms with Gasteiger partial charge in [0.1, 0.15) is 0 Å². The van der Waals surface area contributed by atoms with E-state index >= 15 is 0 Å². The van der Waals surface area contributed by atoms with E-state index in [1.54, 1.807) is 0 Å². The van der Waals surface area contributed by atoms with E-state index in [0.29, 0.717) is 6.79 Å². The van der Waals surface area contributed by atoms with Gasteiger partial charge in [0.25, 0.3) is 0 Å². The molecule has 0 aromatic heterocycles. The second kappa shape index (κ2) is 4.71. The van der Waals surface area contributed by atoms with Crippen molar-refractivity contribution in [3.05, 3.63) is 23.8 Å². The molecule has 3 atom stereocenters. The van der Waals surface area contributed by atoms with E-state index < -0.39 is 0 Å². The number of ether oxygens (including phenoxy) is 2. The zero-order chi connectivity index (χ0) is 12.7. The first kappa shape index (κ1) is 11.6. The average Bonchev–Trinajstić information content (AvgIpc) is 3.12. The van der Waals surface area contributed by atoms with Crippen LogP contribution in [-0.2, 0) is 6.42 Å². The third kappa shape index (κ3) is 2.10. The summed E-state index contributed by atoms with van der Waals surface area (Å²) in [5, 5.41) is 3.73. The summed E-state index contributed by atoms with van der Waals surface area (Å²) >= 11 is 0. The molecule has 0 spiro atoms. The highest BCUT2D eigenvalue weighted by Gasteiger charge is 2.38. The Balaban J connectivity index is 1.39. The summed E-state index contributed by atoms with van der Waals surface area (Å²) in [7, 11) is 0. The summed E-state index contributed by atoms with van der Waals surface area (Å²) in [6, 6.07) is 7.09. The van der Waals surface area contributed by atoms with E-state index in [1.807, 2.05) is 6.07 Å². The van der Waals surface area contributed by atoms with Gasteiger partial charge in [-0.05, 0) is 61.8 Å². The van der Waals surface area contributed by atoms with Crippen molar-refractivity contribution < 1.29 is 9.47 Å². The van der Waals surface area contributed by atoms with E-state index in [-0.39, 0.29) is 0 Å². The standard InChI is InChI=1S/C16H21NO2/c1-2-12-9-17-14(13(12)3-1)6-4-11-5-7-15-16(8-11)19-10-18-15/h5,7-8,12-14,17H,1-4,6,9-10H2. The molecule has 3 heteroatoms. The molecule has 3 nitrogen and oxygen atoms in total. The zero-order valence-corrected chi connectivity index (χ0v) is 11.2. The maximum Gasteiger partial charge on any atom is 0.231 e. The second-order valence-corrected chi connectivity index (χ2v) is 6.10. The molecule has 1 N–H and O–H groups in total. The molecule has 1 aromatic carbocycles. The second-order valence-electron chi connectivity index (χ2n) is 6.10. The number of rotatable bonds is 3. The third-order valence-electron chi connectivity index (χ3n) is 5.06. The summed E-state index contributed by atoms with van der Waals surface area (Å²) < 4.78 is 10.8. The summed E-state index contributed by atoms with van der Waals surface area (Å²) in [4.78, 5) is 0. The van der Waals surface area contributed by atoms with Gasteiger partial charge in [-0.15, -0.1) is 0 Å². The van der Waals surface area contributed by atoms with Gasteiger partial charge in [0.05, 0.1) is 0 Å². The smallest absolute Gasteiger partial charge is 0.231 e. The van der Waals surface area contributed by atoms with E-state index in [9.17, 15) is 0 Å². The molecule has 0 amide bonds. The maximum absolute atomic E-state index is 5.44. The highest BCUT2D eigenvalue weighted by molar-refractivity contribution is 5.44. The van der Waals surface area contributed by atoms with Crippen molar-refractivity contribution in [1.29, 1.82) is 0 Å². The third-order valence-corrected chi connectivity index (χ3v) is 5.06. The number of hydrogen-bond acceptors (Lipinski definition) is 3. The van der Waals surface area contributed by atoms with Crippen molar-refractivity contribution in [2.75, 3.05) is 13.3 Å². The minimum absolute atomic E-state index is 0.368. The van der Waals surface area contributed by atoms with Crippen LogP contribution in [0.5, 0.6) is 11.5 Å². The zero-order valence-electron chi connectivity index (χ0n) is 11.2. The van der Waals surface area contributed by atoms with Gasteiger partial charge in [0.2, 0.25) is 6.79 Å². The molecule has 2 fully saturated rings. The lowest BCUT2D eigenvalue weighted by Crippen LogP contribution is -2.27. The molecular formula is C16H21NO2. The van der Waals surface area contributed by atoms with Crippen LogP contribution < -0.4 is 14.8 Å². The molecule has 1 aliphatic carbocycles. The van der Waals surface area contributed by atoms with Crippen molar-refractivity contribution >= 4 is 0 Å². The monoisotopic (exact) mass is 259 g/mol. The van der Waals surface area contributed by atoms with Crippen LogP contribution in [-0.4, -0.2) is 19.4 Å². The Hall–Kier alpha value is -1.22. The molecule has 2 heterocycles. The Labute approximate surface area is 114 Å². The van der Waals surface area contributed by atoms with Crippen molar-refractivity contribution in [2.45, 2.75) is 38.1 Å². The Bertz CT molecular complexity index is 474. The van der Waals surface area contributed by atoms with Gasteiger partial charge in [0.15, 0.2) is 11.5 Å². The number of fused-ring (bicyclic) bond motifs is 2. The highest BCUT2D eigenvalue weighted by atomic mass is 16.7. The molecule has 1 saturated carbocycles. The van der Waals surface area contributed by atoms with Gasteiger partial charge in [-0.1, -0.05) is 12.5 Å². The lowest BCUT2D eigenvalue weighted by Gasteiger charge is -2.18. The SMILES string of the molecule is c1cc2c(cc1CCC1NCC3CCCC31)OCO2. The Morgan fingerprint density at radius 1 is 1.16 bits per heavy atom. The fourth-order valence-corrected chi connectivity index (χ4v) is 4.04. The molecule has 1 aromatic rings. The van der Waals surface area contributed by atoms with E-state index in [1.165, 1.54) is 37.8 Å². The molecule has 3 aliphatic rings. The molecule has 0 bridgehead atoms. The predicted octanol–water partition coefficient (Wildman–Crippen LogP) is 2.74. The van der Waals surface area contributed by atoms with Gasteiger partial charge in [-0.2, -0.15) is 0 Å². The highest BCUT2D eigenvalue weighted by Crippen LogP contribution is 2.39. The van der Waals surface area contributed by atoms with E-state index in [0.717, 1.165) is 35.8 Å². The predicted molar refractivity (Wildman–Crippen MR) is 73.5 cm³/mol. The number of hydrogen-bond donors (Lipinski definition) is 1. The normalized spacial score (nSPS) is 31.7. The molecular weight excluding hydrogens is 238 g/mol. The first-order valence-electron chi connectivity index (χ1n) is 7.52. The Kier molecular flexibility index (Phi) is 2.87. The van der Waals surface area contributed by atoms with Crippen LogP contribution >= 0.6 is 0 Å². The van der Waals surface area contributed by atoms with Crippen molar-refractivity contribution in [2.24, 2.45) is 11.8 Å². The van der Waals surface area contributed by atoms with Gasteiger partial charge in [-0.25, -0.2) is 0 Å². The van der Waals surface area contributed by atoms with Crippen molar-refractivity contribution in [3.63, 3.8) is 0 Å². The van der Waals surface area contributed by atoms with Crippen LogP contribution in [0.25, 0.3) is 0 Å². The average molecular weight is 259 g/mol. The molecule has 3 unspecified atom stereocenters. The summed E-state index contributed by atoms with van der Waals surface area (Å²) in [6.45, 7) is 1.61. The number of nitrogens with one attached hydrogen (secondary N) is 1. The fourth-order valence-electron chi connectivity index (χ4n) is 4.04. The Morgan fingerprint density at radius 3 is 3.11 bits per heavy atom. The lowest BCUT2D eigenvalue weighted by molar-refractivity contribution is 0.174. The van der Waals surface area contributed by atoms with Gasteiger partial charge in [-0.3, -0.25) is 0 Å². The van der Waals surface area contributed by atoms with Crippen LogP contribution in [0.4, 0.5) is 0 Å². The number of benzene rings is 1. The minimum Gasteiger partial charge on any atom is -0.454 e. The topological polar surface area (TPSA) is 30.5 Å². The van der Waals surface area contributed by atoms with Crippen LogP contribution in [0, 0.1) is 11.8 Å². The summed E-state index contributed by atoms with van der Waals surface area (Å²) in [5.74, 6) is 3.70.